The van der Waals surface area contributed by atoms with Gasteiger partial charge in [0.05, 0.1) is 13.2 Å². The van der Waals surface area contributed by atoms with E-state index in [9.17, 15) is 4.79 Å². The lowest BCUT2D eigenvalue weighted by Crippen LogP contribution is -2.61. The lowest BCUT2D eigenvalue weighted by Gasteiger charge is -2.43. The van der Waals surface area contributed by atoms with Crippen LogP contribution in [0.15, 0.2) is 24.3 Å². The van der Waals surface area contributed by atoms with Gasteiger partial charge in [0.1, 0.15) is 11.8 Å². The monoisotopic (exact) mass is 206 g/mol. The van der Waals surface area contributed by atoms with Gasteiger partial charge in [-0.05, 0) is 17.7 Å². The van der Waals surface area contributed by atoms with Crippen LogP contribution in [0.2, 0.25) is 0 Å². The maximum absolute atomic E-state index is 11.3. The zero-order valence-electron chi connectivity index (χ0n) is 8.81. The molecule has 1 saturated heterocycles. The summed E-state index contributed by atoms with van der Waals surface area (Å²) in [4.78, 5) is 12.9. The Morgan fingerprint density at radius 1 is 1.47 bits per heavy atom. The molecule has 2 N–H and O–H groups in total. The number of nitrogens with two attached hydrogens (primary N) is 1. The Balaban J connectivity index is 2.26. The van der Waals surface area contributed by atoms with Gasteiger partial charge in [-0.2, -0.15) is 0 Å². The second-order valence-electron chi connectivity index (χ2n) is 3.70. The van der Waals surface area contributed by atoms with Crippen molar-refractivity contribution in [3.63, 3.8) is 0 Å². The molecule has 1 aliphatic rings. The normalized spacial score (nSPS) is 25.0. The highest BCUT2D eigenvalue weighted by Crippen LogP contribution is 2.33. The quantitative estimate of drug-likeness (QED) is 0.718. The summed E-state index contributed by atoms with van der Waals surface area (Å²) in [5.41, 5.74) is 6.77. The van der Waals surface area contributed by atoms with Crippen LogP contribution in [0, 0.1) is 0 Å². The molecule has 4 heteroatoms. The molecule has 0 aliphatic carbocycles. The Morgan fingerprint density at radius 2 is 2.20 bits per heavy atom. The first-order valence-corrected chi connectivity index (χ1v) is 4.81. The van der Waals surface area contributed by atoms with Gasteiger partial charge in [-0.25, -0.2) is 0 Å². The van der Waals surface area contributed by atoms with Crippen molar-refractivity contribution in [2.75, 3.05) is 14.2 Å². The Kier molecular flexibility index (Phi) is 2.36. The number of methoxy groups -OCH3 is 1. The van der Waals surface area contributed by atoms with Crippen LogP contribution in [0.1, 0.15) is 11.6 Å². The number of rotatable bonds is 2. The summed E-state index contributed by atoms with van der Waals surface area (Å²) in [5, 5.41) is 0. The molecule has 1 aliphatic heterocycles. The summed E-state index contributed by atoms with van der Waals surface area (Å²) in [5.74, 6) is 0.773. The number of benzene rings is 1. The first-order chi connectivity index (χ1) is 7.15. The molecule has 1 aromatic rings. The molecule has 0 saturated carbocycles. The van der Waals surface area contributed by atoms with Gasteiger partial charge in [0.2, 0.25) is 5.91 Å². The topological polar surface area (TPSA) is 55.6 Å². The number of carbonyl (C=O) groups excluding carboxylic acids is 1. The number of ether oxygens (including phenoxy) is 1. The molecule has 1 fully saturated rings. The second kappa shape index (κ2) is 3.55. The molecule has 2 atom stereocenters. The molecule has 0 unspecified atom stereocenters. The predicted octanol–water partition coefficient (Wildman–Crippen LogP) is 0.536. The molecule has 0 spiro atoms. The van der Waals surface area contributed by atoms with Crippen LogP contribution >= 0.6 is 0 Å². The van der Waals surface area contributed by atoms with E-state index < -0.39 is 6.04 Å². The summed E-state index contributed by atoms with van der Waals surface area (Å²) in [6, 6.07) is 7.20. The molecule has 1 amide bonds. The number of likely N-dealkylation sites (tertiary alicyclic amines) is 1. The van der Waals surface area contributed by atoms with E-state index in [1.807, 2.05) is 24.3 Å². The Bertz CT molecular complexity index is 380. The zero-order chi connectivity index (χ0) is 11.0. The summed E-state index contributed by atoms with van der Waals surface area (Å²) >= 11 is 0. The fourth-order valence-electron chi connectivity index (χ4n) is 1.92. The van der Waals surface area contributed by atoms with E-state index in [4.69, 9.17) is 10.5 Å². The number of hydrogen-bond acceptors (Lipinski definition) is 3. The number of likely N-dealkylation sites (N-methyl/N-ethyl adjacent to an activating group) is 1. The van der Waals surface area contributed by atoms with Crippen LogP contribution in [-0.4, -0.2) is 31.0 Å². The molecule has 0 radical (unpaired) electrons. The molecule has 4 nitrogen and oxygen atoms in total. The fraction of sp³-hybridized carbons (Fsp3) is 0.364. The van der Waals surface area contributed by atoms with E-state index in [1.54, 1.807) is 19.1 Å². The van der Waals surface area contributed by atoms with E-state index in [0.29, 0.717) is 0 Å². The molecular weight excluding hydrogens is 192 g/mol. The van der Waals surface area contributed by atoms with E-state index in [0.717, 1.165) is 11.3 Å². The average molecular weight is 206 g/mol. The molecule has 15 heavy (non-hydrogen) atoms. The summed E-state index contributed by atoms with van der Waals surface area (Å²) in [6.45, 7) is 0. The first-order valence-electron chi connectivity index (χ1n) is 4.81. The van der Waals surface area contributed by atoms with E-state index in [2.05, 4.69) is 0 Å². The van der Waals surface area contributed by atoms with Crippen molar-refractivity contribution >= 4 is 5.91 Å². The number of hydrogen-bond donors (Lipinski definition) is 1. The van der Waals surface area contributed by atoms with Crippen LogP contribution in [0.3, 0.4) is 0 Å². The SMILES string of the molecule is COc1cccc([C@@H]2[C@H](N)C(=O)N2C)c1. The minimum absolute atomic E-state index is 0.0113. The number of carbonyl (C=O) groups is 1. The van der Waals surface area contributed by atoms with Gasteiger partial charge < -0.3 is 15.4 Å². The molecule has 0 bridgehead atoms. The highest BCUT2D eigenvalue weighted by atomic mass is 16.5. The van der Waals surface area contributed by atoms with Crippen LogP contribution in [0.25, 0.3) is 0 Å². The average Bonchev–Trinajstić information content (AvgIpc) is 2.29. The van der Waals surface area contributed by atoms with Crippen LogP contribution < -0.4 is 10.5 Å². The standard InChI is InChI=1S/C11H14N2O2/c1-13-10(9(12)11(13)14)7-4-3-5-8(6-7)15-2/h3-6,9-10H,12H2,1-2H3/t9-,10+/m0/s1. The molecule has 0 aromatic heterocycles. The maximum Gasteiger partial charge on any atom is 0.242 e. The van der Waals surface area contributed by atoms with Gasteiger partial charge in [-0.3, -0.25) is 4.79 Å². The van der Waals surface area contributed by atoms with E-state index in [1.165, 1.54) is 0 Å². The summed E-state index contributed by atoms with van der Waals surface area (Å²) in [6.07, 6.45) is 0. The third-order valence-electron chi connectivity index (χ3n) is 2.83. The summed E-state index contributed by atoms with van der Waals surface area (Å²) in [7, 11) is 3.38. The van der Waals surface area contributed by atoms with Crippen molar-refractivity contribution in [3.8, 4) is 5.75 Å². The molecule has 2 rings (SSSR count). The minimum atomic E-state index is -0.415. The van der Waals surface area contributed by atoms with Crippen molar-refractivity contribution < 1.29 is 9.53 Å². The van der Waals surface area contributed by atoms with Crippen molar-refractivity contribution in [2.45, 2.75) is 12.1 Å². The van der Waals surface area contributed by atoms with Crippen molar-refractivity contribution in [2.24, 2.45) is 5.73 Å². The van der Waals surface area contributed by atoms with Gasteiger partial charge in [-0.15, -0.1) is 0 Å². The predicted molar refractivity (Wildman–Crippen MR) is 56.5 cm³/mol. The largest absolute Gasteiger partial charge is 0.497 e. The lowest BCUT2D eigenvalue weighted by molar-refractivity contribution is -0.147. The van der Waals surface area contributed by atoms with Crippen molar-refractivity contribution in [1.82, 2.24) is 4.90 Å². The smallest absolute Gasteiger partial charge is 0.242 e. The van der Waals surface area contributed by atoms with Gasteiger partial charge in [0.25, 0.3) is 0 Å². The molecule has 1 aromatic carbocycles. The lowest BCUT2D eigenvalue weighted by atomic mass is 9.90. The highest BCUT2D eigenvalue weighted by Gasteiger charge is 2.43. The van der Waals surface area contributed by atoms with Gasteiger partial charge in [-0.1, -0.05) is 12.1 Å². The van der Waals surface area contributed by atoms with Crippen molar-refractivity contribution in [1.29, 1.82) is 0 Å². The van der Waals surface area contributed by atoms with Crippen molar-refractivity contribution in [3.05, 3.63) is 29.8 Å². The summed E-state index contributed by atoms with van der Waals surface area (Å²) < 4.78 is 5.13. The highest BCUT2D eigenvalue weighted by molar-refractivity contribution is 5.89. The van der Waals surface area contributed by atoms with Crippen LogP contribution in [0.4, 0.5) is 0 Å². The minimum Gasteiger partial charge on any atom is -0.497 e. The number of β-lactam (4-membered cyclic amide) rings is 1. The number of nitrogens with zero attached hydrogens (tertiary/aromatic N) is 1. The molecule has 80 valence electrons. The Labute approximate surface area is 88.6 Å². The van der Waals surface area contributed by atoms with Gasteiger partial charge in [0.15, 0.2) is 0 Å². The van der Waals surface area contributed by atoms with E-state index in [-0.39, 0.29) is 11.9 Å². The zero-order valence-corrected chi connectivity index (χ0v) is 8.81. The van der Waals surface area contributed by atoms with Gasteiger partial charge in [0, 0.05) is 7.05 Å². The molecular formula is C11H14N2O2. The molecule has 1 heterocycles. The maximum atomic E-state index is 11.3. The van der Waals surface area contributed by atoms with Crippen LogP contribution in [-0.2, 0) is 4.79 Å². The number of amides is 1. The van der Waals surface area contributed by atoms with Crippen LogP contribution in [0.5, 0.6) is 5.75 Å². The Morgan fingerprint density at radius 3 is 2.80 bits per heavy atom. The Hall–Kier alpha value is -1.55. The van der Waals surface area contributed by atoms with Gasteiger partial charge >= 0.3 is 0 Å². The third kappa shape index (κ3) is 1.47. The first kappa shape index (κ1) is 9.98. The van der Waals surface area contributed by atoms with E-state index >= 15 is 0 Å². The second-order valence-corrected chi connectivity index (χ2v) is 3.70. The fourth-order valence-corrected chi connectivity index (χ4v) is 1.92. The third-order valence-corrected chi connectivity index (χ3v) is 2.83.